The van der Waals surface area contributed by atoms with E-state index >= 15 is 0 Å². The molecule has 0 saturated heterocycles. The molecule has 0 spiro atoms. The summed E-state index contributed by atoms with van der Waals surface area (Å²) < 4.78 is 27.8. The van der Waals surface area contributed by atoms with E-state index in [-0.39, 0.29) is 17.8 Å². The highest BCUT2D eigenvalue weighted by atomic mass is 19.1. The van der Waals surface area contributed by atoms with Crippen LogP contribution in [0.5, 0.6) is 0 Å². The normalized spacial score (nSPS) is 10.8. The van der Waals surface area contributed by atoms with Crippen molar-refractivity contribution in [2.24, 2.45) is 0 Å². The van der Waals surface area contributed by atoms with Gasteiger partial charge < -0.3 is 5.11 Å². The number of hydrogen-bond donors (Lipinski definition) is 1. The van der Waals surface area contributed by atoms with Crippen molar-refractivity contribution in [2.45, 2.75) is 26.3 Å². The molecule has 7 heteroatoms. The molecule has 2 aromatic rings. The van der Waals surface area contributed by atoms with Gasteiger partial charge in [-0.15, -0.1) is 5.10 Å². The number of hydrogen-bond acceptors (Lipinski definition) is 3. The van der Waals surface area contributed by atoms with Gasteiger partial charge in [0.1, 0.15) is 11.6 Å². The van der Waals surface area contributed by atoms with Gasteiger partial charge in [-0.3, -0.25) is 0 Å². The number of rotatable bonds is 5. The van der Waals surface area contributed by atoms with Gasteiger partial charge in [0.05, 0.1) is 12.2 Å². The highest BCUT2D eigenvalue weighted by molar-refractivity contribution is 5.86. The third-order valence-corrected chi connectivity index (χ3v) is 2.86. The second kappa shape index (κ2) is 5.77. The van der Waals surface area contributed by atoms with E-state index in [1.54, 1.807) is 0 Å². The number of carboxylic acid groups (broad SMARTS) is 1. The molecule has 0 aliphatic carbocycles. The lowest BCUT2D eigenvalue weighted by Gasteiger charge is -2.07. The first-order valence-electron chi connectivity index (χ1n) is 6.12. The summed E-state index contributed by atoms with van der Waals surface area (Å²) in [4.78, 5) is 11.0. The van der Waals surface area contributed by atoms with E-state index < -0.39 is 17.6 Å². The topological polar surface area (TPSA) is 68.0 Å². The van der Waals surface area contributed by atoms with Crippen molar-refractivity contribution >= 4 is 5.97 Å². The average molecular weight is 281 g/mol. The van der Waals surface area contributed by atoms with Crippen LogP contribution in [-0.2, 0) is 13.0 Å². The fraction of sp³-hybridized carbons (Fsp3) is 0.308. The van der Waals surface area contributed by atoms with Crippen LogP contribution in [0.25, 0.3) is 0 Å². The van der Waals surface area contributed by atoms with Crippen LogP contribution in [0.4, 0.5) is 8.78 Å². The Morgan fingerprint density at radius 3 is 2.75 bits per heavy atom. The van der Waals surface area contributed by atoms with Crippen LogP contribution in [0.2, 0.25) is 0 Å². The van der Waals surface area contributed by atoms with Crippen molar-refractivity contribution < 1.29 is 18.7 Å². The molecule has 1 heterocycles. The second-order valence-electron chi connectivity index (χ2n) is 4.33. The van der Waals surface area contributed by atoms with E-state index in [1.165, 1.54) is 10.7 Å². The third-order valence-electron chi connectivity index (χ3n) is 2.86. The third kappa shape index (κ3) is 2.81. The number of aromatic carboxylic acids is 1. The quantitative estimate of drug-likeness (QED) is 0.912. The zero-order chi connectivity index (χ0) is 14.7. The van der Waals surface area contributed by atoms with Crippen molar-refractivity contribution in [3.05, 3.63) is 46.8 Å². The van der Waals surface area contributed by atoms with Crippen LogP contribution in [0, 0.1) is 11.6 Å². The Morgan fingerprint density at radius 1 is 1.40 bits per heavy atom. The summed E-state index contributed by atoms with van der Waals surface area (Å²) in [6.45, 7) is 1.91. The Kier molecular flexibility index (Phi) is 4.07. The van der Waals surface area contributed by atoms with Gasteiger partial charge in [0, 0.05) is 11.6 Å². The lowest BCUT2D eigenvalue weighted by Crippen LogP contribution is -2.10. The van der Waals surface area contributed by atoms with Crippen LogP contribution in [0.15, 0.2) is 18.2 Å². The molecule has 1 aromatic heterocycles. The smallest absolute Gasteiger partial charge is 0.358 e. The summed E-state index contributed by atoms with van der Waals surface area (Å²) >= 11 is 0. The van der Waals surface area contributed by atoms with Gasteiger partial charge in [0.25, 0.3) is 0 Å². The van der Waals surface area contributed by atoms with Crippen molar-refractivity contribution in [1.29, 1.82) is 0 Å². The lowest BCUT2D eigenvalue weighted by atomic mass is 10.1. The Morgan fingerprint density at radius 2 is 2.15 bits per heavy atom. The van der Waals surface area contributed by atoms with Gasteiger partial charge in [0.15, 0.2) is 5.69 Å². The SMILES string of the molecule is CCCc1c(C(=O)O)nnn1Cc1ccc(F)cc1F. The molecule has 1 aromatic carbocycles. The molecule has 0 aliphatic heterocycles. The maximum atomic E-state index is 13.6. The zero-order valence-electron chi connectivity index (χ0n) is 10.8. The Hall–Kier alpha value is -2.31. The standard InChI is InChI=1S/C13H13F2N3O2/c1-2-3-11-12(13(19)20)16-17-18(11)7-8-4-5-9(14)6-10(8)15/h4-6H,2-3,7H2,1H3,(H,19,20). The highest BCUT2D eigenvalue weighted by Gasteiger charge is 2.19. The molecular weight excluding hydrogens is 268 g/mol. The molecule has 0 saturated carbocycles. The minimum Gasteiger partial charge on any atom is -0.476 e. The molecule has 0 unspecified atom stereocenters. The van der Waals surface area contributed by atoms with Crippen LogP contribution in [-0.4, -0.2) is 26.1 Å². The minimum absolute atomic E-state index is 0.0156. The molecule has 0 radical (unpaired) electrons. The average Bonchev–Trinajstić information content (AvgIpc) is 2.77. The van der Waals surface area contributed by atoms with Crippen LogP contribution < -0.4 is 0 Å². The summed E-state index contributed by atoms with van der Waals surface area (Å²) in [5.74, 6) is -2.52. The van der Waals surface area contributed by atoms with Crippen molar-refractivity contribution in [3.8, 4) is 0 Å². The number of benzene rings is 1. The van der Waals surface area contributed by atoms with E-state index in [1.807, 2.05) is 6.92 Å². The van der Waals surface area contributed by atoms with Gasteiger partial charge in [0.2, 0.25) is 0 Å². The maximum Gasteiger partial charge on any atom is 0.358 e. The molecule has 0 bridgehead atoms. The number of carboxylic acids is 1. The maximum absolute atomic E-state index is 13.6. The number of nitrogens with zero attached hydrogens (tertiary/aromatic N) is 3. The summed E-state index contributed by atoms with van der Waals surface area (Å²) in [6, 6.07) is 3.24. The van der Waals surface area contributed by atoms with Gasteiger partial charge in [-0.05, 0) is 12.5 Å². The minimum atomic E-state index is -1.17. The van der Waals surface area contributed by atoms with Gasteiger partial charge in [-0.2, -0.15) is 0 Å². The molecule has 2 rings (SSSR count). The molecule has 1 N–H and O–H groups in total. The lowest BCUT2D eigenvalue weighted by molar-refractivity contribution is 0.0689. The Balaban J connectivity index is 2.35. The van der Waals surface area contributed by atoms with Crippen molar-refractivity contribution in [3.63, 3.8) is 0 Å². The summed E-state index contributed by atoms with van der Waals surface area (Å²) in [5.41, 5.74) is 0.531. The molecule has 0 amide bonds. The molecular formula is C13H13F2N3O2. The van der Waals surface area contributed by atoms with Crippen LogP contribution in [0.3, 0.4) is 0 Å². The Labute approximate surface area is 113 Å². The van der Waals surface area contributed by atoms with E-state index in [0.717, 1.165) is 12.1 Å². The van der Waals surface area contributed by atoms with E-state index in [9.17, 15) is 13.6 Å². The number of carbonyl (C=O) groups is 1. The predicted octanol–water partition coefficient (Wildman–Crippen LogP) is 2.26. The zero-order valence-corrected chi connectivity index (χ0v) is 10.8. The van der Waals surface area contributed by atoms with Gasteiger partial charge in [-0.1, -0.05) is 24.6 Å². The van der Waals surface area contributed by atoms with Crippen LogP contribution in [0.1, 0.15) is 35.1 Å². The number of halogens is 2. The fourth-order valence-corrected chi connectivity index (χ4v) is 1.92. The fourth-order valence-electron chi connectivity index (χ4n) is 1.92. The summed E-state index contributed by atoms with van der Waals surface area (Å²) in [7, 11) is 0. The van der Waals surface area contributed by atoms with Gasteiger partial charge in [-0.25, -0.2) is 18.3 Å². The molecule has 0 fully saturated rings. The first-order valence-corrected chi connectivity index (χ1v) is 6.12. The van der Waals surface area contributed by atoms with Crippen molar-refractivity contribution in [1.82, 2.24) is 15.0 Å². The van der Waals surface area contributed by atoms with Crippen molar-refractivity contribution in [2.75, 3.05) is 0 Å². The highest BCUT2D eigenvalue weighted by Crippen LogP contribution is 2.14. The molecule has 0 aliphatic rings. The van der Waals surface area contributed by atoms with E-state index in [4.69, 9.17) is 5.11 Å². The van der Waals surface area contributed by atoms with Crippen LogP contribution >= 0.6 is 0 Å². The second-order valence-corrected chi connectivity index (χ2v) is 4.33. The Bertz CT molecular complexity index is 641. The molecule has 20 heavy (non-hydrogen) atoms. The summed E-state index contributed by atoms with van der Waals surface area (Å²) in [5, 5.41) is 16.4. The summed E-state index contributed by atoms with van der Waals surface area (Å²) in [6.07, 6.45) is 1.18. The monoisotopic (exact) mass is 281 g/mol. The molecule has 0 atom stereocenters. The first-order chi connectivity index (χ1) is 9.52. The first kappa shape index (κ1) is 14.1. The molecule has 106 valence electrons. The largest absolute Gasteiger partial charge is 0.476 e. The van der Waals surface area contributed by atoms with E-state index in [0.29, 0.717) is 18.5 Å². The number of aromatic nitrogens is 3. The predicted molar refractivity (Wildman–Crippen MR) is 66.4 cm³/mol. The van der Waals surface area contributed by atoms with Gasteiger partial charge >= 0.3 is 5.97 Å². The van der Waals surface area contributed by atoms with E-state index in [2.05, 4.69) is 10.3 Å². The molecule has 5 nitrogen and oxygen atoms in total.